The summed E-state index contributed by atoms with van der Waals surface area (Å²) < 4.78 is 5.81. The second-order valence-corrected chi connectivity index (χ2v) is 4.55. The second-order valence-electron chi connectivity index (χ2n) is 4.14. The number of nitrogens with two attached hydrogens (primary N) is 1. The highest BCUT2D eigenvalue weighted by atomic mass is 35.5. The molecule has 0 saturated carbocycles. The highest BCUT2D eigenvalue weighted by Crippen LogP contribution is 2.29. The molecule has 0 aromatic heterocycles. The van der Waals surface area contributed by atoms with E-state index in [0.717, 1.165) is 16.9 Å². The van der Waals surface area contributed by atoms with Crippen LogP contribution in [-0.2, 0) is 13.0 Å². The van der Waals surface area contributed by atoms with Crippen LogP contribution in [-0.4, -0.2) is 11.7 Å². The van der Waals surface area contributed by atoms with Crippen LogP contribution < -0.4 is 10.5 Å². The number of benzene rings is 2. The van der Waals surface area contributed by atoms with E-state index in [4.69, 9.17) is 27.2 Å². The Morgan fingerprint density at radius 2 is 1.89 bits per heavy atom. The van der Waals surface area contributed by atoms with Crippen molar-refractivity contribution in [3.8, 4) is 11.5 Å². The highest BCUT2D eigenvalue weighted by Gasteiger charge is 2.06. The smallest absolute Gasteiger partial charge is 0.130 e. The third-order valence-electron chi connectivity index (χ3n) is 2.83. The summed E-state index contributed by atoms with van der Waals surface area (Å²) in [6.07, 6.45) is 0.560. The van der Waals surface area contributed by atoms with Crippen molar-refractivity contribution in [1.82, 2.24) is 0 Å². The maximum Gasteiger partial charge on any atom is 0.130 e. The average Bonchev–Trinajstić information content (AvgIpc) is 2.41. The molecule has 0 atom stereocenters. The van der Waals surface area contributed by atoms with Gasteiger partial charge in [-0.25, -0.2) is 0 Å². The molecule has 0 aliphatic heterocycles. The standard InChI is InChI=1S/C15H16ClNO2/c16-14-9-13(6-5-12(14)10-17)19-15-4-2-1-3-11(15)7-8-18/h1-6,9,18H,7-8,10,17H2. The van der Waals surface area contributed by atoms with Gasteiger partial charge in [0.2, 0.25) is 0 Å². The fourth-order valence-corrected chi connectivity index (χ4v) is 2.06. The maximum atomic E-state index is 9.03. The molecule has 4 heteroatoms. The quantitative estimate of drug-likeness (QED) is 0.883. The maximum absolute atomic E-state index is 9.03. The molecule has 0 fully saturated rings. The van der Waals surface area contributed by atoms with E-state index in [-0.39, 0.29) is 6.61 Å². The normalized spacial score (nSPS) is 10.5. The summed E-state index contributed by atoms with van der Waals surface area (Å²) in [5, 5.41) is 9.63. The fraction of sp³-hybridized carbons (Fsp3) is 0.200. The minimum absolute atomic E-state index is 0.0905. The minimum Gasteiger partial charge on any atom is -0.457 e. The Balaban J connectivity index is 2.23. The molecular formula is C15H16ClNO2. The first-order chi connectivity index (χ1) is 9.24. The van der Waals surface area contributed by atoms with Crippen molar-refractivity contribution in [3.63, 3.8) is 0 Å². The van der Waals surface area contributed by atoms with E-state index in [1.54, 1.807) is 6.07 Å². The molecule has 0 radical (unpaired) electrons. The van der Waals surface area contributed by atoms with Gasteiger partial charge in [0.25, 0.3) is 0 Å². The number of halogens is 1. The Bertz CT molecular complexity index is 558. The number of aliphatic hydroxyl groups excluding tert-OH is 1. The van der Waals surface area contributed by atoms with Crippen molar-refractivity contribution in [2.45, 2.75) is 13.0 Å². The van der Waals surface area contributed by atoms with Crippen LogP contribution in [0.25, 0.3) is 0 Å². The van der Waals surface area contributed by atoms with Crippen molar-refractivity contribution >= 4 is 11.6 Å². The number of hydrogen-bond donors (Lipinski definition) is 2. The first kappa shape index (κ1) is 13.9. The Kier molecular flexibility index (Phi) is 4.80. The highest BCUT2D eigenvalue weighted by molar-refractivity contribution is 6.31. The predicted octanol–water partition coefficient (Wildman–Crippen LogP) is 3.13. The molecule has 19 heavy (non-hydrogen) atoms. The van der Waals surface area contributed by atoms with Gasteiger partial charge in [0, 0.05) is 18.2 Å². The van der Waals surface area contributed by atoms with Gasteiger partial charge >= 0.3 is 0 Å². The zero-order valence-corrected chi connectivity index (χ0v) is 11.2. The molecule has 3 N–H and O–H groups in total. The van der Waals surface area contributed by atoms with E-state index >= 15 is 0 Å². The van der Waals surface area contributed by atoms with E-state index in [9.17, 15) is 0 Å². The SMILES string of the molecule is NCc1ccc(Oc2ccccc2CCO)cc1Cl. The van der Waals surface area contributed by atoms with Crippen molar-refractivity contribution in [2.75, 3.05) is 6.61 Å². The number of ether oxygens (including phenoxy) is 1. The van der Waals surface area contributed by atoms with E-state index < -0.39 is 0 Å². The van der Waals surface area contributed by atoms with Gasteiger partial charge in [-0.2, -0.15) is 0 Å². The third kappa shape index (κ3) is 3.47. The van der Waals surface area contributed by atoms with Crippen molar-refractivity contribution in [2.24, 2.45) is 5.73 Å². The molecule has 0 aliphatic rings. The zero-order valence-electron chi connectivity index (χ0n) is 10.5. The molecule has 0 aliphatic carbocycles. The summed E-state index contributed by atoms with van der Waals surface area (Å²) >= 11 is 6.10. The summed E-state index contributed by atoms with van der Waals surface area (Å²) in [6.45, 7) is 0.494. The van der Waals surface area contributed by atoms with Gasteiger partial charge < -0.3 is 15.6 Å². The molecule has 0 amide bonds. The van der Waals surface area contributed by atoms with Gasteiger partial charge in [0.15, 0.2) is 0 Å². The lowest BCUT2D eigenvalue weighted by atomic mass is 10.1. The van der Waals surface area contributed by atoms with Crippen molar-refractivity contribution in [1.29, 1.82) is 0 Å². The van der Waals surface area contributed by atoms with E-state index in [2.05, 4.69) is 0 Å². The van der Waals surface area contributed by atoms with Gasteiger partial charge in [-0.05, 0) is 35.7 Å². The molecular weight excluding hydrogens is 262 g/mol. The van der Waals surface area contributed by atoms with Crippen LogP contribution in [0.2, 0.25) is 5.02 Å². The second kappa shape index (κ2) is 6.57. The fourth-order valence-electron chi connectivity index (χ4n) is 1.81. The third-order valence-corrected chi connectivity index (χ3v) is 3.18. The average molecular weight is 278 g/mol. The van der Waals surface area contributed by atoms with Gasteiger partial charge in [-0.15, -0.1) is 0 Å². The lowest BCUT2D eigenvalue weighted by molar-refractivity contribution is 0.298. The summed E-state index contributed by atoms with van der Waals surface area (Å²) in [5.74, 6) is 1.39. The first-order valence-corrected chi connectivity index (χ1v) is 6.47. The Hall–Kier alpha value is -1.55. The molecule has 2 rings (SSSR count). The Morgan fingerprint density at radius 3 is 2.58 bits per heavy atom. The van der Waals surface area contributed by atoms with Gasteiger partial charge in [-0.1, -0.05) is 35.9 Å². The molecule has 100 valence electrons. The molecule has 0 bridgehead atoms. The van der Waals surface area contributed by atoms with Crippen molar-refractivity contribution < 1.29 is 9.84 Å². The van der Waals surface area contributed by atoms with Crippen molar-refractivity contribution in [3.05, 3.63) is 58.6 Å². The molecule has 0 saturated heterocycles. The molecule has 2 aromatic carbocycles. The minimum atomic E-state index is 0.0905. The topological polar surface area (TPSA) is 55.5 Å². The van der Waals surface area contributed by atoms with Gasteiger partial charge in [0.05, 0.1) is 0 Å². The summed E-state index contributed by atoms with van der Waals surface area (Å²) in [5.41, 5.74) is 7.41. The number of aliphatic hydroxyl groups is 1. The predicted molar refractivity (Wildman–Crippen MR) is 76.6 cm³/mol. The molecule has 2 aromatic rings. The van der Waals surface area contributed by atoms with E-state index in [1.807, 2.05) is 36.4 Å². The first-order valence-electron chi connectivity index (χ1n) is 6.09. The van der Waals surface area contributed by atoms with Crippen LogP contribution in [0.3, 0.4) is 0 Å². The zero-order chi connectivity index (χ0) is 13.7. The lowest BCUT2D eigenvalue weighted by Gasteiger charge is -2.11. The van der Waals surface area contributed by atoms with E-state index in [1.165, 1.54) is 0 Å². The van der Waals surface area contributed by atoms with Crippen LogP contribution >= 0.6 is 11.6 Å². The van der Waals surface area contributed by atoms with Gasteiger partial charge in [-0.3, -0.25) is 0 Å². The van der Waals surface area contributed by atoms with Crippen LogP contribution in [0.4, 0.5) is 0 Å². The summed E-state index contributed by atoms with van der Waals surface area (Å²) in [6, 6.07) is 13.1. The van der Waals surface area contributed by atoms with Gasteiger partial charge in [0.1, 0.15) is 11.5 Å². The summed E-state index contributed by atoms with van der Waals surface area (Å²) in [7, 11) is 0. The monoisotopic (exact) mass is 277 g/mol. The Morgan fingerprint density at radius 1 is 1.11 bits per heavy atom. The van der Waals surface area contributed by atoms with Crippen LogP contribution in [0.15, 0.2) is 42.5 Å². The molecule has 0 unspecified atom stereocenters. The largest absolute Gasteiger partial charge is 0.457 e. The number of para-hydroxylation sites is 1. The van der Waals surface area contributed by atoms with E-state index in [0.29, 0.717) is 23.7 Å². The van der Waals surface area contributed by atoms with Crippen LogP contribution in [0, 0.1) is 0 Å². The number of rotatable bonds is 5. The van der Waals surface area contributed by atoms with Crippen LogP contribution in [0.5, 0.6) is 11.5 Å². The van der Waals surface area contributed by atoms with Crippen LogP contribution in [0.1, 0.15) is 11.1 Å². The summed E-state index contributed by atoms with van der Waals surface area (Å²) in [4.78, 5) is 0. The molecule has 0 spiro atoms. The number of hydrogen-bond acceptors (Lipinski definition) is 3. The molecule has 3 nitrogen and oxygen atoms in total. The molecule has 0 heterocycles. The Labute approximate surface area is 117 Å². The lowest BCUT2D eigenvalue weighted by Crippen LogP contribution is -1.98.